The fourth-order valence-electron chi connectivity index (χ4n) is 1.02. The van der Waals surface area contributed by atoms with Gasteiger partial charge in [0.15, 0.2) is 11.6 Å². The van der Waals surface area contributed by atoms with Crippen LogP contribution in [0.1, 0.15) is 12.5 Å². The predicted octanol–water partition coefficient (Wildman–Crippen LogP) is 2.51. The van der Waals surface area contributed by atoms with Gasteiger partial charge in [-0.25, -0.2) is 13.2 Å². The Morgan fingerprint density at radius 3 is 2.36 bits per heavy atom. The van der Waals surface area contributed by atoms with Crippen LogP contribution in [0.4, 0.5) is 13.2 Å². The van der Waals surface area contributed by atoms with E-state index in [1.54, 1.807) is 13.0 Å². The highest BCUT2D eigenvalue weighted by molar-refractivity contribution is 5.24. The van der Waals surface area contributed by atoms with Crippen molar-refractivity contribution in [3.8, 4) is 0 Å². The summed E-state index contributed by atoms with van der Waals surface area (Å²) in [5, 5.41) is 0. The highest BCUT2D eigenvalue weighted by atomic mass is 19.2. The third-order valence-corrected chi connectivity index (χ3v) is 1.85. The highest BCUT2D eigenvalue weighted by Crippen LogP contribution is 2.15. The normalized spacial score (nSPS) is 11.9. The zero-order valence-electron chi connectivity index (χ0n) is 7.65. The minimum Gasteiger partial charge on any atom is -0.402 e. The second-order valence-electron chi connectivity index (χ2n) is 2.90. The summed E-state index contributed by atoms with van der Waals surface area (Å²) in [6.07, 6.45) is 1.67. The average molecular weight is 201 g/mol. The van der Waals surface area contributed by atoms with E-state index in [-0.39, 0.29) is 12.0 Å². The molecule has 0 bridgehead atoms. The van der Waals surface area contributed by atoms with E-state index < -0.39 is 17.5 Å². The van der Waals surface area contributed by atoms with Gasteiger partial charge in [0.2, 0.25) is 0 Å². The van der Waals surface area contributed by atoms with Crippen LogP contribution in [0, 0.1) is 17.5 Å². The van der Waals surface area contributed by atoms with Gasteiger partial charge in [-0.15, -0.1) is 0 Å². The Labute approximate surface area is 80.0 Å². The molecule has 4 heteroatoms. The van der Waals surface area contributed by atoms with Crippen LogP contribution in [0.2, 0.25) is 0 Å². The molecule has 0 spiro atoms. The molecule has 0 aliphatic heterocycles. The molecule has 0 radical (unpaired) electrons. The lowest BCUT2D eigenvalue weighted by atomic mass is 10.1. The number of hydrogen-bond acceptors (Lipinski definition) is 1. The van der Waals surface area contributed by atoms with Crippen LogP contribution in [0.15, 0.2) is 23.9 Å². The summed E-state index contributed by atoms with van der Waals surface area (Å²) in [6.45, 7) is 1.69. The van der Waals surface area contributed by atoms with E-state index in [0.717, 1.165) is 6.07 Å². The molecule has 0 heterocycles. The van der Waals surface area contributed by atoms with Crippen molar-refractivity contribution in [3.05, 3.63) is 46.9 Å². The summed E-state index contributed by atoms with van der Waals surface area (Å²) >= 11 is 0. The first-order valence-electron chi connectivity index (χ1n) is 4.08. The van der Waals surface area contributed by atoms with Crippen molar-refractivity contribution < 1.29 is 13.2 Å². The number of hydrogen-bond donors (Lipinski definition) is 1. The molecule has 1 aromatic rings. The lowest BCUT2D eigenvalue weighted by molar-refractivity contribution is 0.491. The molecule has 0 aliphatic rings. The van der Waals surface area contributed by atoms with Gasteiger partial charge in [0.1, 0.15) is 5.82 Å². The standard InChI is InChI=1S/C10H10F3N/c1-2-7(14)3-6-4-9(12)10(13)5-8(6)11/h2,4-5H,3,14H2,1H3/b7-2-. The Kier molecular flexibility index (Phi) is 3.17. The summed E-state index contributed by atoms with van der Waals surface area (Å²) in [7, 11) is 0. The van der Waals surface area contributed by atoms with Crippen molar-refractivity contribution >= 4 is 0 Å². The van der Waals surface area contributed by atoms with Gasteiger partial charge in [-0.05, 0) is 18.6 Å². The minimum atomic E-state index is -1.19. The number of halogens is 3. The highest BCUT2D eigenvalue weighted by Gasteiger charge is 2.09. The molecule has 0 fully saturated rings. The topological polar surface area (TPSA) is 26.0 Å². The lowest BCUT2D eigenvalue weighted by Crippen LogP contribution is -2.04. The second kappa shape index (κ2) is 4.17. The fraction of sp³-hybridized carbons (Fsp3) is 0.200. The first-order valence-corrected chi connectivity index (χ1v) is 4.08. The lowest BCUT2D eigenvalue weighted by Gasteiger charge is -2.04. The molecule has 0 saturated heterocycles. The smallest absolute Gasteiger partial charge is 0.161 e. The van der Waals surface area contributed by atoms with Crippen molar-refractivity contribution in [2.45, 2.75) is 13.3 Å². The van der Waals surface area contributed by atoms with Gasteiger partial charge in [0.05, 0.1) is 0 Å². The van der Waals surface area contributed by atoms with E-state index in [1.807, 2.05) is 0 Å². The van der Waals surface area contributed by atoms with Crippen molar-refractivity contribution in [1.29, 1.82) is 0 Å². The molecule has 1 rings (SSSR count). The van der Waals surface area contributed by atoms with Crippen LogP contribution >= 0.6 is 0 Å². The monoisotopic (exact) mass is 201 g/mol. The number of benzene rings is 1. The van der Waals surface area contributed by atoms with Crippen LogP contribution in [0.25, 0.3) is 0 Å². The van der Waals surface area contributed by atoms with Crippen LogP contribution in [0.3, 0.4) is 0 Å². The van der Waals surface area contributed by atoms with Gasteiger partial charge in [0.25, 0.3) is 0 Å². The van der Waals surface area contributed by atoms with Gasteiger partial charge in [-0.1, -0.05) is 6.08 Å². The molecule has 1 nitrogen and oxygen atoms in total. The van der Waals surface area contributed by atoms with Gasteiger partial charge in [-0.2, -0.15) is 0 Å². The maximum atomic E-state index is 13.0. The number of allylic oxidation sites excluding steroid dienone is 2. The quantitative estimate of drug-likeness (QED) is 0.731. The summed E-state index contributed by atoms with van der Waals surface area (Å²) in [5.74, 6) is -3.04. The van der Waals surface area contributed by atoms with Crippen LogP contribution in [-0.2, 0) is 6.42 Å². The largest absolute Gasteiger partial charge is 0.402 e. The maximum Gasteiger partial charge on any atom is 0.161 e. The Morgan fingerprint density at radius 2 is 1.79 bits per heavy atom. The van der Waals surface area contributed by atoms with E-state index in [4.69, 9.17) is 5.73 Å². The molecule has 2 N–H and O–H groups in total. The molecule has 0 aromatic heterocycles. The maximum absolute atomic E-state index is 13.0. The number of nitrogens with two attached hydrogens (primary N) is 1. The van der Waals surface area contributed by atoms with Crippen LogP contribution in [-0.4, -0.2) is 0 Å². The van der Waals surface area contributed by atoms with Crippen LogP contribution < -0.4 is 5.73 Å². The van der Waals surface area contributed by atoms with Crippen molar-refractivity contribution in [3.63, 3.8) is 0 Å². The summed E-state index contributed by atoms with van der Waals surface area (Å²) in [5.41, 5.74) is 5.91. The van der Waals surface area contributed by atoms with E-state index in [2.05, 4.69) is 0 Å². The Morgan fingerprint density at radius 1 is 1.21 bits per heavy atom. The SMILES string of the molecule is C/C=C(\N)Cc1cc(F)c(F)cc1F. The Balaban J connectivity index is 3.04. The third kappa shape index (κ3) is 2.28. The molecule has 0 saturated carbocycles. The number of rotatable bonds is 2. The first kappa shape index (κ1) is 10.6. The molecule has 0 atom stereocenters. The van der Waals surface area contributed by atoms with Gasteiger partial charge in [-0.3, -0.25) is 0 Å². The predicted molar refractivity (Wildman–Crippen MR) is 48.0 cm³/mol. The first-order chi connectivity index (χ1) is 6.54. The Bertz CT molecular complexity index is 372. The van der Waals surface area contributed by atoms with Crippen molar-refractivity contribution in [1.82, 2.24) is 0 Å². The second-order valence-corrected chi connectivity index (χ2v) is 2.90. The van der Waals surface area contributed by atoms with E-state index in [1.165, 1.54) is 0 Å². The summed E-state index contributed by atoms with van der Waals surface area (Å²) in [4.78, 5) is 0. The zero-order chi connectivity index (χ0) is 10.7. The molecule has 1 aromatic carbocycles. The zero-order valence-corrected chi connectivity index (χ0v) is 7.65. The van der Waals surface area contributed by atoms with E-state index in [0.29, 0.717) is 11.8 Å². The molecule has 0 amide bonds. The van der Waals surface area contributed by atoms with E-state index >= 15 is 0 Å². The molecule has 0 unspecified atom stereocenters. The van der Waals surface area contributed by atoms with Crippen LogP contribution in [0.5, 0.6) is 0 Å². The molecule has 76 valence electrons. The molecule has 14 heavy (non-hydrogen) atoms. The van der Waals surface area contributed by atoms with Crippen molar-refractivity contribution in [2.24, 2.45) is 5.73 Å². The molecular weight excluding hydrogens is 191 g/mol. The van der Waals surface area contributed by atoms with Gasteiger partial charge < -0.3 is 5.73 Å². The third-order valence-electron chi connectivity index (χ3n) is 1.85. The van der Waals surface area contributed by atoms with Gasteiger partial charge in [0, 0.05) is 18.2 Å². The van der Waals surface area contributed by atoms with Gasteiger partial charge >= 0.3 is 0 Å². The minimum absolute atomic E-state index is 0.0551. The Hall–Kier alpha value is -1.45. The average Bonchev–Trinajstić information content (AvgIpc) is 2.14. The van der Waals surface area contributed by atoms with E-state index in [9.17, 15) is 13.2 Å². The summed E-state index contributed by atoms with van der Waals surface area (Å²) < 4.78 is 38.3. The molecular formula is C10H10F3N. The summed E-state index contributed by atoms with van der Waals surface area (Å²) in [6, 6.07) is 1.34. The molecule has 0 aliphatic carbocycles. The fourth-order valence-corrected chi connectivity index (χ4v) is 1.02. The van der Waals surface area contributed by atoms with Crippen molar-refractivity contribution in [2.75, 3.05) is 0 Å².